The van der Waals surface area contributed by atoms with Crippen LogP contribution in [0.4, 0.5) is 10.6 Å². The van der Waals surface area contributed by atoms with Crippen molar-refractivity contribution in [2.24, 2.45) is 11.1 Å². The lowest BCUT2D eigenvalue weighted by Gasteiger charge is -2.28. The molecule has 10 heteroatoms. The summed E-state index contributed by atoms with van der Waals surface area (Å²) in [6, 6.07) is 12.5. The molecule has 1 fully saturated rings. The van der Waals surface area contributed by atoms with E-state index in [1.165, 1.54) is 11.0 Å². The fourth-order valence-electron chi connectivity index (χ4n) is 4.08. The van der Waals surface area contributed by atoms with Crippen molar-refractivity contribution in [3.05, 3.63) is 48.0 Å². The highest BCUT2D eigenvalue weighted by molar-refractivity contribution is 7.89. The molecular weight excluding hydrogens is 432 g/mol. The molecule has 174 valence electrons. The van der Waals surface area contributed by atoms with Gasteiger partial charge in [0.2, 0.25) is 0 Å². The highest BCUT2D eigenvalue weighted by Crippen LogP contribution is 2.35. The second kappa shape index (κ2) is 9.74. The molecule has 1 aromatic carbocycles. The predicted octanol–water partition coefficient (Wildman–Crippen LogP) is 3.28. The standard InChI is InChI=1S/C22H30N4O5S/c1-22(2)13-17(14-26(22)21(27)28)9-6-12-24-20-18(10-11-19(25-20)32(23,29)30)31-15-16-7-4-3-5-8-16/h3-5,7-8,10-11,17H,6,9,12-15H2,1-2H3,(H,24,25)(H,27,28)(H2,23,29,30)/t17-/m0/s1. The Morgan fingerprint density at radius 1 is 1.28 bits per heavy atom. The molecule has 1 aromatic heterocycles. The summed E-state index contributed by atoms with van der Waals surface area (Å²) in [4.78, 5) is 17.1. The normalized spacial score (nSPS) is 17.8. The van der Waals surface area contributed by atoms with Gasteiger partial charge in [0.05, 0.1) is 0 Å². The van der Waals surface area contributed by atoms with Crippen LogP contribution in [0.5, 0.6) is 5.75 Å². The van der Waals surface area contributed by atoms with Crippen LogP contribution < -0.4 is 15.2 Å². The van der Waals surface area contributed by atoms with Gasteiger partial charge in [0, 0.05) is 18.6 Å². The summed E-state index contributed by atoms with van der Waals surface area (Å²) in [6.45, 7) is 5.25. The van der Waals surface area contributed by atoms with Gasteiger partial charge in [-0.05, 0) is 56.7 Å². The number of nitrogens with zero attached hydrogens (tertiary/aromatic N) is 2. The molecule has 3 rings (SSSR count). The van der Waals surface area contributed by atoms with E-state index in [0.717, 1.165) is 24.8 Å². The molecule has 4 N–H and O–H groups in total. The maximum atomic E-state index is 11.7. The van der Waals surface area contributed by atoms with E-state index < -0.39 is 16.1 Å². The number of amides is 1. The van der Waals surface area contributed by atoms with Crippen molar-refractivity contribution in [1.29, 1.82) is 0 Å². The number of aromatic nitrogens is 1. The molecule has 0 unspecified atom stereocenters. The van der Waals surface area contributed by atoms with Gasteiger partial charge in [-0.3, -0.25) is 0 Å². The lowest BCUT2D eigenvalue weighted by Crippen LogP contribution is -2.41. The van der Waals surface area contributed by atoms with Crippen molar-refractivity contribution >= 4 is 21.9 Å². The van der Waals surface area contributed by atoms with E-state index in [0.29, 0.717) is 31.3 Å². The zero-order chi connectivity index (χ0) is 23.4. The highest BCUT2D eigenvalue weighted by atomic mass is 32.2. The van der Waals surface area contributed by atoms with Gasteiger partial charge in [0.25, 0.3) is 10.0 Å². The van der Waals surface area contributed by atoms with Crippen molar-refractivity contribution in [1.82, 2.24) is 9.88 Å². The van der Waals surface area contributed by atoms with Crippen molar-refractivity contribution < 1.29 is 23.1 Å². The number of hydrogen-bond acceptors (Lipinski definition) is 6. The first-order valence-electron chi connectivity index (χ1n) is 10.5. The number of sulfonamides is 1. The largest absolute Gasteiger partial charge is 0.485 e. The molecule has 0 aliphatic carbocycles. The van der Waals surface area contributed by atoms with Crippen molar-refractivity contribution in [2.45, 2.75) is 50.3 Å². The number of nitrogens with one attached hydrogen (secondary N) is 1. The Morgan fingerprint density at radius 2 is 2.00 bits per heavy atom. The van der Waals surface area contributed by atoms with E-state index in [9.17, 15) is 18.3 Å². The molecule has 2 aromatic rings. The first-order chi connectivity index (χ1) is 15.1. The van der Waals surface area contributed by atoms with Crippen LogP contribution in [0.2, 0.25) is 0 Å². The van der Waals surface area contributed by atoms with Crippen LogP contribution >= 0.6 is 0 Å². The molecule has 2 heterocycles. The second-order valence-electron chi connectivity index (χ2n) is 8.66. The smallest absolute Gasteiger partial charge is 0.407 e. The molecular formula is C22H30N4O5S. The Balaban J connectivity index is 1.61. The predicted molar refractivity (Wildman–Crippen MR) is 121 cm³/mol. The Kier molecular flexibility index (Phi) is 7.25. The Morgan fingerprint density at radius 3 is 2.62 bits per heavy atom. The fraction of sp³-hybridized carbons (Fsp3) is 0.455. The first-order valence-corrected chi connectivity index (χ1v) is 12.1. The molecule has 1 saturated heterocycles. The van der Waals surface area contributed by atoms with E-state index in [1.807, 2.05) is 44.2 Å². The Labute approximate surface area is 188 Å². The van der Waals surface area contributed by atoms with Crippen LogP contribution in [-0.2, 0) is 16.6 Å². The van der Waals surface area contributed by atoms with Crippen LogP contribution in [0.3, 0.4) is 0 Å². The van der Waals surface area contributed by atoms with Crippen LogP contribution in [0, 0.1) is 5.92 Å². The average molecular weight is 463 g/mol. The molecule has 1 atom stereocenters. The molecule has 9 nitrogen and oxygen atoms in total. The quantitative estimate of drug-likeness (QED) is 0.487. The van der Waals surface area contributed by atoms with Crippen molar-refractivity contribution in [3.63, 3.8) is 0 Å². The number of rotatable bonds is 9. The first kappa shape index (κ1) is 23.8. The van der Waals surface area contributed by atoms with E-state index in [2.05, 4.69) is 10.3 Å². The van der Waals surface area contributed by atoms with Gasteiger partial charge >= 0.3 is 6.09 Å². The number of benzene rings is 1. The van der Waals surface area contributed by atoms with Crippen molar-refractivity contribution in [3.8, 4) is 5.75 Å². The van der Waals surface area contributed by atoms with Gasteiger partial charge in [-0.15, -0.1) is 0 Å². The molecule has 0 bridgehead atoms. The monoisotopic (exact) mass is 462 g/mol. The highest BCUT2D eigenvalue weighted by Gasteiger charge is 2.40. The number of primary sulfonamides is 1. The average Bonchev–Trinajstić information content (AvgIpc) is 3.04. The van der Waals surface area contributed by atoms with Crippen LogP contribution in [0.15, 0.2) is 47.5 Å². The van der Waals surface area contributed by atoms with E-state index in [1.54, 1.807) is 6.07 Å². The van der Waals surface area contributed by atoms with E-state index >= 15 is 0 Å². The third-order valence-electron chi connectivity index (χ3n) is 5.63. The van der Waals surface area contributed by atoms with Gasteiger partial charge in [-0.1, -0.05) is 30.3 Å². The molecule has 1 aliphatic rings. The van der Waals surface area contributed by atoms with Crippen LogP contribution in [-0.4, -0.2) is 48.1 Å². The fourth-order valence-corrected chi connectivity index (χ4v) is 4.56. The number of hydrogen-bond donors (Lipinski definition) is 3. The van der Waals surface area contributed by atoms with Gasteiger partial charge in [-0.2, -0.15) is 0 Å². The zero-order valence-corrected chi connectivity index (χ0v) is 19.1. The lowest BCUT2D eigenvalue weighted by molar-refractivity contribution is 0.117. The summed E-state index contributed by atoms with van der Waals surface area (Å²) in [7, 11) is -3.95. The number of carbonyl (C=O) groups is 1. The van der Waals surface area contributed by atoms with Gasteiger partial charge in [0.1, 0.15) is 6.61 Å². The van der Waals surface area contributed by atoms with E-state index in [-0.39, 0.29) is 16.5 Å². The van der Waals surface area contributed by atoms with Crippen molar-refractivity contribution in [2.75, 3.05) is 18.4 Å². The van der Waals surface area contributed by atoms with Crippen LogP contribution in [0.1, 0.15) is 38.7 Å². The number of nitrogens with two attached hydrogens (primary N) is 1. The summed E-state index contributed by atoms with van der Waals surface area (Å²) in [5.74, 6) is 1.02. The van der Waals surface area contributed by atoms with Gasteiger partial charge in [-0.25, -0.2) is 23.3 Å². The molecule has 32 heavy (non-hydrogen) atoms. The van der Waals surface area contributed by atoms with Gasteiger partial charge in [0.15, 0.2) is 16.6 Å². The lowest BCUT2D eigenvalue weighted by atomic mass is 9.93. The summed E-state index contributed by atoms with van der Waals surface area (Å²) in [5, 5.41) is 17.5. The molecule has 0 spiro atoms. The third kappa shape index (κ3) is 6.10. The molecule has 0 saturated carbocycles. The summed E-state index contributed by atoms with van der Waals surface area (Å²) in [5.41, 5.74) is 0.606. The topological polar surface area (TPSA) is 135 Å². The summed E-state index contributed by atoms with van der Waals surface area (Å²) >= 11 is 0. The zero-order valence-electron chi connectivity index (χ0n) is 18.3. The minimum atomic E-state index is -3.95. The molecule has 0 radical (unpaired) electrons. The Hall–Kier alpha value is -2.85. The van der Waals surface area contributed by atoms with Gasteiger partial charge < -0.3 is 20.1 Å². The van der Waals surface area contributed by atoms with Crippen LogP contribution in [0.25, 0.3) is 0 Å². The number of ether oxygens (including phenoxy) is 1. The second-order valence-corrected chi connectivity index (χ2v) is 10.2. The maximum Gasteiger partial charge on any atom is 0.407 e. The third-order valence-corrected chi connectivity index (χ3v) is 6.44. The number of carboxylic acid groups (broad SMARTS) is 1. The maximum absolute atomic E-state index is 11.7. The minimum absolute atomic E-state index is 0.235. The molecule has 1 aliphatic heterocycles. The Bertz CT molecular complexity index is 1040. The molecule has 1 amide bonds. The number of likely N-dealkylation sites (tertiary alicyclic amines) is 1. The number of pyridine rings is 1. The minimum Gasteiger partial charge on any atom is -0.485 e. The summed E-state index contributed by atoms with van der Waals surface area (Å²) < 4.78 is 29.3. The summed E-state index contributed by atoms with van der Waals surface area (Å²) in [6.07, 6.45) is 1.53. The SMILES string of the molecule is CC1(C)C[C@H](CCCNc2nc(S(N)(=O)=O)ccc2OCc2ccccc2)CN1C(=O)O. The number of anilines is 1. The van der Waals surface area contributed by atoms with E-state index in [4.69, 9.17) is 9.88 Å².